The molecule has 0 unspecified atom stereocenters. The first-order chi connectivity index (χ1) is 19.1. The van der Waals surface area contributed by atoms with Gasteiger partial charge in [-0.15, -0.1) is 0 Å². The number of carbonyl (C=O) groups excluding carboxylic acids is 1. The molecule has 7 nitrogen and oxygen atoms in total. The fraction of sp³-hybridized carbons (Fsp3) is 0.312. The fourth-order valence-electron chi connectivity index (χ4n) is 5.39. The first-order valence-electron chi connectivity index (χ1n) is 13.6. The van der Waals surface area contributed by atoms with E-state index in [0.717, 1.165) is 59.3 Å². The molecule has 0 spiro atoms. The molecule has 198 valence electrons. The van der Waals surface area contributed by atoms with Gasteiger partial charge in [-0.25, -0.2) is 4.79 Å². The van der Waals surface area contributed by atoms with Crippen molar-refractivity contribution in [2.45, 2.75) is 50.9 Å². The van der Waals surface area contributed by atoms with E-state index in [9.17, 15) is 10.1 Å². The number of benzene rings is 3. The number of nitriles is 1. The average molecular weight is 522 g/mol. The number of carbonyl (C=O) groups is 1. The Morgan fingerprint density at radius 1 is 1.08 bits per heavy atom. The van der Waals surface area contributed by atoms with Gasteiger partial charge in [0.25, 0.3) is 0 Å². The zero-order valence-electron chi connectivity index (χ0n) is 21.9. The molecule has 6 rings (SSSR count). The summed E-state index contributed by atoms with van der Waals surface area (Å²) in [6, 6.07) is 26.0. The minimum atomic E-state index is -0.513. The summed E-state index contributed by atoms with van der Waals surface area (Å²) in [5.41, 5.74) is 5.07. The first-order valence-corrected chi connectivity index (χ1v) is 13.6. The lowest BCUT2D eigenvalue weighted by Gasteiger charge is -2.30. The third-order valence-electron chi connectivity index (χ3n) is 7.68. The minimum absolute atomic E-state index is 0.0619. The van der Waals surface area contributed by atoms with Crippen molar-refractivity contribution in [3.63, 3.8) is 0 Å². The maximum atomic E-state index is 12.5. The van der Waals surface area contributed by atoms with Crippen molar-refractivity contribution in [2.75, 3.05) is 18.5 Å². The normalized spacial score (nSPS) is 17.8. The summed E-state index contributed by atoms with van der Waals surface area (Å²) in [5, 5.41) is 14.0. The van der Waals surface area contributed by atoms with Gasteiger partial charge in [0.15, 0.2) is 0 Å². The fourth-order valence-corrected chi connectivity index (χ4v) is 5.39. The highest BCUT2D eigenvalue weighted by atomic mass is 16.6. The van der Waals surface area contributed by atoms with Gasteiger partial charge in [-0.2, -0.15) is 5.26 Å². The second-order valence-electron chi connectivity index (χ2n) is 10.2. The van der Waals surface area contributed by atoms with Gasteiger partial charge in [0.2, 0.25) is 0 Å². The molecule has 7 heteroatoms. The van der Waals surface area contributed by atoms with Crippen LogP contribution in [0.4, 0.5) is 10.5 Å². The number of amides is 1. The van der Waals surface area contributed by atoms with Crippen LogP contribution in [-0.2, 0) is 9.47 Å². The third kappa shape index (κ3) is 5.08. The molecule has 4 aromatic rings. The Hall–Kier alpha value is -4.28. The number of ether oxygens (including phenoxy) is 3. The molecular weight excluding hydrogens is 490 g/mol. The van der Waals surface area contributed by atoms with E-state index in [4.69, 9.17) is 14.2 Å². The zero-order chi connectivity index (χ0) is 26.8. The Morgan fingerprint density at radius 2 is 1.87 bits per heavy atom. The minimum Gasteiger partial charge on any atom is -0.488 e. The predicted octanol–water partition coefficient (Wildman–Crippen LogP) is 7.38. The monoisotopic (exact) mass is 521 g/mol. The molecule has 1 aliphatic carbocycles. The van der Waals surface area contributed by atoms with Gasteiger partial charge < -0.3 is 18.8 Å². The van der Waals surface area contributed by atoms with Crippen molar-refractivity contribution in [2.24, 2.45) is 0 Å². The maximum absolute atomic E-state index is 12.5. The number of aromatic nitrogens is 1. The van der Waals surface area contributed by atoms with Crippen LogP contribution in [0.2, 0.25) is 0 Å². The molecule has 3 aromatic carbocycles. The van der Waals surface area contributed by atoms with Gasteiger partial charge in [-0.3, -0.25) is 5.32 Å². The molecular formula is C32H31N3O4. The van der Waals surface area contributed by atoms with Gasteiger partial charge >= 0.3 is 6.09 Å². The van der Waals surface area contributed by atoms with Gasteiger partial charge in [-0.1, -0.05) is 42.5 Å². The van der Waals surface area contributed by atoms with Crippen LogP contribution in [0.25, 0.3) is 22.2 Å². The molecule has 2 aliphatic rings. The van der Waals surface area contributed by atoms with Crippen LogP contribution < -0.4 is 10.1 Å². The third-order valence-corrected chi connectivity index (χ3v) is 7.68. The Labute approximate surface area is 227 Å². The van der Waals surface area contributed by atoms with Crippen molar-refractivity contribution < 1.29 is 19.0 Å². The molecule has 1 saturated carbocycles. The quantitative estimate of drug-likeness (QED) is 0.274. The topological polar surface area (TPSA) is 85.5 Å². The second-order valence-corrected chi connectivity index (χ2v) is 10.2. The van der Waals surface area contributed by atoms with E-state index in [1.54, 1.807) is 0 Å². The maximum Gasteiger partial charge on any atom is 0.412 e. The summed E-state index contributed by atoms with van der Waals surface area (Å²) in [5.74, 6) is 0.801. The van der Waals surface area contributed by atoms with Crippen molar-refractivity contribution in [3.8, 4) is 23.1 Å². The molecule has 1 aliphatic heterocycles. The van der Waals surface area contributed by atoms with E-state index in [1.807, 2.05) is 73.7 Å². The molecule has 1 amide bonds. The zero-order valence-corrected chi connectivity index (χ0v) is 21.9. The highest BCUT2D eigenvalue weighted by Crippen LogP contribution is 2.43. The van der Waals surface area contributed by atoms with Crippen molar-refractivity contribution in [3.05, 3.63) is 83.9 Å². The number of hydrogen-bond donors (Lipinski definition) is 1. The molecule has 2 fully saturated rings. The van der Waals surface area contributed by atoms with Gasteiger partial charge in [0, 0.05) is 29.6 Å². The van der Waals surface area contributed by atoms with Crippen LogP contribution in [0.3, 0.4) is 0 Å². The van der Waals surface area contributed by atoms with Crippen LogP contribution in [0.5, 0.6) is 5.75 Å². The molecule has 0 bridgehead atoms. The predicted molar refractivity (Wildman–Crippen MR) is 150 cm³/mol. The summed E-state index contributed by atoms with van der Waals surface area (Å²) in [6.45, 7) is 3.18. The Kier molecular flexibility index (Phi) is 6.95. The Morgan fingerprint density at radius 3 is 2.54 bits per heavy atom. The van der Waals surface area contributed by atoms with E-state index in [-0.39, 0.29) is 12.2 Å². The smallest absolute Gasteiger partial charge is 0.412 e. The van der Waals surface area contributed by atoms with Crippen molar-refractivity contribution in [1.82, 2.24) is 4.57 Å². The molecule has 2 atom stereocenters. The SMILES string of the molecule is C[C@@H](OC(=O)Nc1ccc(-c2c(C#N)c3ccc(O[C@@H]4CCOC4)cc3n2C2CCC2)cc1)c1ccccc1. The Balaban J connectivity index is 1.27. The largest absolute Gasteiger partial charge is 0.488 e. The number of nitrogens with one attached hydrogen (secondary N) is 1. The number of fused-ring (bicyclic) bond motifs is 1. The second kappa shape index (κ2) is 10.8. The van der Waals surface area contributed by atoms with Crippen LogP contribution in [0.1, 0.15) is 55.9 Å². The number of rotatable bonds is 7. The van der Waals surface area contributed by atoms with Gasteiger partial charge in [0.1, 0.15) is 24.0 Å². The van der Waals surface area contributed by atoms with E-state index in [0.29, 0.717) is 23.9 Å². The van der Waals surface area contributed by atoms with E-state index in [2.05, 4.69) is 22.0 Å². The summed E-state index contributed by atoms with van der Waals surface area (Å²) < 4.78 is 19.5. The van der Waals surface area contributed by atoms with Crippen LogP contribution in [-0.4, -0.2) is 30.0 Å². The standard InChI is InChI=1S/C32H31N3O4/c1-21(22-6-3-2-4-7-22)38-32(36)34-24-12-10-23(11-13-24)31-29(19-33)28-15-14-26(39-27-16-17-37-20-27)18-30(28)35(31)25-8-5-9-25/h2-4,6-7,10-15,18,21,25,27H,5,8-9,16-17,20H2,1H3,(H,34,36)/t21-,27-/m1/s1. The van der Waals surface area contributed by atoms with E-state index >= 15 is 0 Å². The number of anilines is 1. The van der Waals surface area contributed by atoms with Crippen molar-refractivity contribution in [1.29, 1.82) is 5.26 Å². The summed E-state index contributed by atoms with van der Waals surface area (Å²) in [4.78, 5) is 12.5. The lowest BCUT2D eigenvalue weighted by molar-refractivity contribution is 0.121. The lowest BCUT2D eigenvalue weighted by Crippen LogP contribution is -2.18. The molecule has 2 heterocycles. The summed E-state index contributed by atoms with van der Waals surface area (Å²) >= 11 is 0. The number of nitrogens with zero attached hydrogens (tertiary/aromatic N) is 2. The van der Waals surface area contributed by atoms with Crippen LogP contribution in [0.15, 0.2) is 72.8 Å². The average Bonchev–Trinajstić information content (AvgIpc) is 3.54. The van der Waals surface area contributed by atoms with Crippen LogP contribution in [0, 0.1) is 11.3 Å². The molecule has 1 N–H and O–H groups in total. The van der Waals surface area contributed by atoms with Gasteiger partial charge in [0.05, 0.1) is 30.0 Å². The lowest BCUT2D eigenvalue weighted by atomic mass is 9.92. The number of hydrogen-bond acceptors (Lipinski definition) is 5. The highest BCUT2D eigenvalue weighted by molar-refractivity contribution is 5.96. The Bertz CT molecular complexity index is 1510. The van der Waals surface area contributed by atoms with Gasteiger partial charge in [-0.05, 0) is 61.6 Å². The van der Waals surface area contributed by atoms with E-state index in [1.165, 1.54) is 6.42 Å². The highest BCUT2D eigenvalue weighted by Gasteiger charge is 2.28. The molecule has 1 saturated heterocycles. The first kappa shape index (κ1) is 25.0. The van der Waals surface area contributed by atoms with Crippen LogP contribution >= 0.6 is 0 Å². The van der Waals surface area contributed by atoms with E-state index < -0.39 is 6.09 Å². The summed E-state index contributed by atoms with van der Waals surface area (Å²) in [7, 11) is 0. The molecule has 0 radical (unpaired) electrons. The van der Waals surface area contributed by atoms with Crippen molar-refractivity contribution >= 4 is 22.7 Å². The molecule has 1 aromatic heterocycles. The molecule has 39 heavy (non-hydrogen) atoms. The summed E-state index contributed by atoms with van der Waals surface area (Å²) in [6.07, 6.45) is 3.40.